The average Bonchev–Trinajstić information content (AvgIpc) is 2.87. The average molecular weight is 294 g/mol. The van der Waals surface area contributed by atoms with Crippen LogP contribution in [0.1, 0.15) is 26.0 Å². The molecule has 0 saturated heterocycles. The van der Waals surface area contributed by atoms with Gasteiger partial charge in [-0.3, -0.25) is 4.68 Å². The van der Waals surface area contributed by atoms with Gasteiger partial charge in [-0.1, -0.05) is 18.5 Å². The van der Waals surface area contributed by atoms with Crippen LogP contribution >= 0.6 is 11.6 Å². The Kier molecular flexibility index (Phi) is 5.30. The molecule has 0 spiro atoms. The van der Waals surface area contributed by atoms with Crippen molar-refractivity contribution in [3.63, 3.8) is 0 Å². The van der Waals surface area contributed by atoms with E-state index in [1.54, 1.807) is 0 Å². The molecule has 0 aliphatic rings. The largest absolute Gasteiger partial charge is 0.492 e. The van der Waals surface area contributed by atoms with Gasteiger partial charge in [0, 0.05) is 18.4 Å². The highest BCUT2D eigenvalue weighted by molar-refractivity contribution is 6.32. The normalized spacial score (nSPS) is 10.6. The van der Waals surface area contributed by atoms with Crippen molar-refractivity contribution in [1.29, 1.82) is 0 Å². The minimum Gasteiger partial charge on any atom is -0.492 e. The number of nitrogens with one attached hydrogen (secondary N) is 1. The van der Waals surface area contributed by atoms with E-state index in [0.717, 1.165) is 36.6 Å². The molecule has 20 heavy (non-hydrogen) atoms. The van der Waals surface area contributed by atoms with Gasteiger partial charge in [0.1, 0.15) is 5.75 Å². The maximum absolute atomic E-state index is 6.17. The second-order valence-corrected chi connectivity index (χ2v) is 4.88. The second kappa shape index (κ2) is 7.20. The van der Waals surface area contributed by atoms with Gasteiger partial charge in [-0.15, -0.1) is 0 Å². The third-order valence-corrected chi connectivity index (χ3v) is 3.24. The molecule has 0 fully saturated rings. The molecule has 2 rings (SSSR count). The molecule has 108 valence electrons. The lowest BCUT2D eigenvalue weighted by molar-refractivity contribution is 0.340. The van der Waals surface area contributed by atoms with Gasteiger partial charge in [0.15, 0.2) is 0 Å². The summed E-state index contributed by atoms with van der Waals surface area (Å²) in [7, 11) is 0. The third-order valence-electron chi connectivity index (χ3n) is 2.95. The van der Waals surface area contributed by atoms with Gasteiger partial charge in [-0.2, -0.15) is 5.10 Å². The standard InChI is InChI=1S/C15H20ClN3O/c1-3-9-19-13(7-8-18-19)11-17-12-5-6-15(20-4-2)14(16)10-12/h5-8,10,17H,3-4,9,11H2,1-2H3. The number of nitrogens with zero attached hydrogens (tertiary/aromatic N) is 2. The van der Waals surface area contributed by atoms with Crippen molar-refractivity contribution in [3.05, 3.63) is 41.2 Å². The predicted octanol–water partition coefficient (Wildman–Crippen LogP) is 3.96. The van der Waals surface area contributed by atoms with Gasteiger partial charge in [-0.25, -0.2) is 0 Å². The summed E-state index contributed by atoms with van der Waals surface area (Å²) in [5.41, 5.74) is 2.14. The van der Waals surface area contributed by atoms with E-state index in [1.807, 2.05) is 42.1 Å². The SMILES string of the molecule is CCCn1nccc1CNc1ccc(OCC)c(Cl)c1. The number of ether oxygens (including phenoxy) is 1. The van der Waals surface area contributed by atoms with Crippen molar-refractivity contribution in [1.82, 2.24) is 9.78 Å². The molecule has 0 aliphatic carbocycles. The summed E-state index contributed by atoms with van der Waals surface area (Å²) in [6, 6.07) is 7.76. The van der Waals surface area contributed by atoms with Gasteiger partial charge < -0.3 is 10.1 Å². The van der Waals surface area contributed by atoms with Crippen molar-refractivity contribution in [2.45, 2.75) is 33.4 Å². The Morgan fingerprint density at radius 2 is 2.15 bits per heavy atom. The van der Waals surface area contributed by atoms with Crippen molar-refractivity contribution >= 4 is 17.3 Å². The molecule has 1 aromatic heterocycles. The summed E-state index contributed by atoms with van der Waals surface area (Å²) in [6.07, 6.45) is 2.90. The van der Waals surface area contributed by atoms with Crippen LogP contribution in [-0.2, 0) is 13.1 Å². The fraction of sp³-hybridized carbons (Fsp3) is 0.400. The highest BCUT2D eigenvalue weighted by Gasteiger charge is 2.04. The van der Waals surface area contributed by atoms with Crippen molar-refractivity contribution in [2.24, 2.45) is 0 Å². The summed E-state index contributed by atoms with van der Waals surface area (Å²) in [6.45, 7) is 6.36. The van der Waals surface area contributed by atoms with E-state index >= 15 is 0 Å². The molecule has 1 aromatic carbocycles. The molecule has 0 aliphatic heterocycles. The van der Waals surface area contributed by atoms with Crippen LogP contribution in [0.3, 0.4) is 0 Å². The topological polar surface area (TPSA) is 39.1 Å². The number of benzene rings is 1. The van der Waals surface area contributed by atoms with Crippen molar-refractivity contribution < 1.29 is 4.74 Å². The van der Waals surface area contributed by atoms with Crippen LogP contribution in [0.4, 0.5) is 5.69 Å². The van der Waals surface area contributed by atoms with E-state index in [-0.39, 0.29) is 0 Å². The zero-order valence-corrected chi connectivity index (χ0v) is 12.7. The Morgan fingerprint density at radius 3 is 2.85 bits per heavy atom. The molecule has 2 aromatic rings. The van der Waals surface area contributed by atoms with Crippen LogP contribution < -0.4 is 10.1 Å². The molecule has 0 bridgehead atoms. The summed E-state index contributed by atoms with van der Waals surface area (Å²) < 4.78 is 7.44. The van der Waals surface area contributed by atoms with Crippen LogP contribution in [0, 0.1) is 0 Å². The van der Waals surface area contributed by atoms with Gasteiger partial charge in [0.25, 0.3) is 0 Å². The van der Waals surface area contributed by atoms with E-state index in [1.165, 1.54) is 0 Å². The first-order valence-electron chi connectivity index (χ1n) is 6.91. The molecular weight excluding hydrogens is 274 g/mol. The number of aryl methyl sites for hydroxylation is 1. The van der Waals surface area contributed by atoms with Crippen LogP contribution in [0.5, 0.6) is 5.75 Å². The molecule has 5 heteroatoms. The lowest BCUT2D eigenvalue weighted by Gasteiger charge is -2.11. The maximum atomic E-state index is 6.17. The highest BCUT2D eigenvalue weighted by Crippen LogP contribution is 2.27. The predicted molar refractivity (Wildman–Crippen MR) is 82.5 cm³/mol. The minimum atomic E-state index is 0.614. The fourth-order valence-electron chi connectivity index (χ4n) is 2.00. The van der Waals surface area contributed by atoms with E-state index < -0.39 is 0 Å². The molecule has 0 unspecified atom stereocenters. The first kappa shape index (κ1) is 14.7. The monoisotopic (exact) mass is 293 g/mol. The zero-order chi connectivity index (χ0) is 14.4. The van der Waals surface area contributed by atoms with Gasteiger partial charge in [0.2, 0.25) is 0 Å². The Bertz CT molecular complexity index is 554. The fourth-order valence-corrected chi connectivity index (χ4v) is 2.23. The summed E-state index contributed by atoms with van der Waals surface area (Å²) in [4.78, 5) is 0. The first-order chi connectivity index (χ1) is 9.74. The summed E-state index contributed by atoms with van der Waals surface area (Å²) in [5.74, 6) is 0.718. The molecule has 0 saturated carbocycles. The minimum absolute atomic E-state index is 0.614. The second-order valence-electron chi connectivity index (χ2n) is 4.48. The van der Waals surface area contributed by atoms with Crippen molar-refractivity contribution in [3.8, 4) is 5.75 Å². The van der Waals surface area contributed by atoms with Crippen LogP contribution in [-0.4, -0.2) is 16.4 Å². The quantitative estimate of drug-likeness (QED) is 0.840. The molecule has 0 radical (unpaired) electrons. The molecule has 1 N–H and O–H groups in total. The lowest BCUT2D eigenvalue weighted by Crippen LogP contribution is -2.08. The smallest absolute Gasteiger partial charge is 0.138 e. The van der Waals surface area contributed by atoms with Crippen LogP contribution in [0.2, 0.25) is 5.02 Å². The molecule has 1 heterocycles. The number of rotatable bonds is 7. The molecular formula is C15H20ClN3O. The Hall–Kier alpha value is -1.68. The molecule has 0 amide bonds. The van der Waals surface area contributed by atoms with Crippen LogP contribution in [0.15, 0.2) is 30.5 Å². The zero-order valence-electron chi connectivity index (χ0n) is 11.9. The Labute approximate surface area is 124 Å². The van der Waals surface area contributed by atoms with E-state index in [2.05, 4.69) is 17.3 Å². The molecule has 0 atom stereocenters. The Morgan fingerprint density at radius 1 is 1.30 bits per heavy atom. The van der Waals surface area contributed by atoms with E-state index in [4.69, 9.17) is 16.3 Å². The van der Waals surface area contributed by atoms with Gasteiger partial charge in [0.05, 0.1) is 23.9 Å². The molecule has 4 nitrogen and oxygen atoms in total. The van der Waals surface area contributed by atoms with E-state index in [9.17, 15) is 0 Å². The summed E-state index contributed by atoms with van der Waals surface area (Å²) >= 11 is 6.17. The first-order valence-corrected chi connectivity index (χ1v) is 7.29. The Balaban J connectivity index is 2.00. The number of halogens is 1. The number of aromatic nitrogens is 2. The highest BCUT2D eigenvalue weighted by atomic mass is 35.5. The number of hydrogen-bond donors (Lipinski definition) is 1. The van der Waals surface area contributed by atoms with Gasteiger partial charge in [-0.05, 0) is 37.6 Å². The number of hydrogen-bond acceptors (Lipinski definition) is 3. The van der Waals surface area contributed by atoms with E-state index in [0.29, 0.717) is 11.6 Å². The third kappa shape index (κ3) is 3.67. The van der Waals surface area contributed by atoms with Crippen LogP contribution in [0.25, 0.3) is 0 Å². The number of anilines is 1. The maximum Gasteiger partial charge on any atom is 0.138 e. The summed E-state index contributed by atoms with van der Waals surface area (Å²) in [5, 5.41) is 8.28. The lowest BCUT2D eigenvalue weighted by atomic mass is 10.3. The van der Waals surface area contributed by atoms with Crippen molar-refractivity contribution in [2.75, 3.05) is 11.9 Å². The van der Waals surface area contributed by atoms with Gasteiger partial charge >= 0.3 is 0 Å².